The van der Waals surface area contributed by atoms with Gasteiger partial charge in [-0.2, -0.15) is 8.42 Å². The van der Waals surface area contributed by atoms with Crippen molar-refractivity contribution in [3.63, 3.8) is 0 Å². The second kappa shape index (κ2) is 5.40. The SMILES string of the molecule is CCc1c(OS(C)(=O)=O)nnn1Cc1ccccc1. The van der Waals surface area contributed by atoms with Crippen molar-refractivity contribution >= 4 is 10.1 Å². The van der Waals surface area contributed by atoms with E-state index in [9.17, 15) is 8.42 Å². The molecule has 0 saturated carbocycles. The fourth-order valence-corrected chi connectivity index (χ4v) is 2.16. The van der Waals surface area contributed by atoms with E-state index < -0.39 is 10.1 Å². The first kappa shape index (κ1) is 13.5. The molecule has 0 amide bonds. The van der Waals surface area contributed by atoms with E-state index >= 15 is 0 Å². The van der Waals surface area contributed by atoms with Crippen LogP contribution in [0.5, 0.6) is 5.88 Å². The van der Waals surface area contributed by atoms with Gasteiger partial charge in [0.1, 0.15) is 5.69 Å². The number of nitrogens with zero attached hydrogens (tertiary/aromatic N) is 3. The Balaban J connectivity index is 2.27. The zero-order valence-corrected chi connectivity index (χ0v) is 11.6. The van der Waals surface area contributed by atoms with Gasteiger partial charge in [-0.15, -0.1) is 0 Å². The standard InChI is InChI=1S/C12H15N3O3S/c1-3-11-12(18-19(2,16)17)13-14-15(11)9-10-7-5-4-6-8-10/h4-8H,3,9H2,1-2H3. The first-order valence-electron chi connectivity index (χ1n) is 5.85. The quantitative estimate of drug-likeness (QED) is 0.771. The monoisotopic (exact) mass is 281 g/mol. The third-order valence-corrected chi connectivity index (χ3v) is 3.00. The molecule has 0 saturated heterocycles. The number of rotatable bonds is 5. The molecule has 2 rings (SSSR count). The van der Waals surface area contributed by atoms with Crippen LogP contribution in [0.25, 0.3) is 0 Å². The Morgan fingerprint density at radius 3 is 2.53 bits per heavy atom. The summed E-state index contributed by atoms with van der Waals surface area (Å²) in [6.07, 6.45) is 1.58. The van der Waals surface area contributed by atoms with Crippen molar-refractivity contribution < 1.29 is 12.6 Å². The third kappa shape index (κ3) is 3.54. The molecule has 0 atom stereocenters. The van der Waals surface area contributed by atoms with Crippen molar-refractivity contribution in [1.29, 1.82) is 0 Å². The second-order valence-electron chi connectivity index (χ2n) is 4.13. The van der Waals surface area contributed by atoms with Crippen LogP contribution in [0.3, 0.4) is 0 Å². The Kier molecular flexibility index (Phi) is 3.84. The predicted molar refractivity (Wildman–Crippen MR) is 70.4 cm³/mol. The summed E-state index contributed by atoms with van der Waals surface area (Å²) in [6.45, 7) is 2.43. The highest BCUT2D eigenvalue weighted by Gasteiger charge is 2.16. The molecule has 7 heteroatoms. The van der Waals surface area contributed by atoms with Crippen LogP contribution < -0.4 is 4.18 Å². The molecule has 1 aromatic heterocycles. The summed E-state index contributed by atoms with van der Waals surface area (Å²) in [5.74, 6) is 0.0564. The Morgan fingerprint density at radius 1 is 1.26 bits per heavy atom. The van der Waals surface area contributed by atoms with Gasteiger partial charge in [0.25, 0.3) is 5.88 Å². The summed E-state index contributed by atoms with van der Waals surface area (Å²) < 4.78 is 28.7. The maximum Gasteiger partial charge on any atom is 0.307 e. The molecule has 0 aliphatic carbocycles. The molecule has 102 valence electrons. The van der Waals surface area contributed by atoms with Gasteiger partial charge in [0, 0.05) is 0 Å². The number of hydrogen-bond donors (Lipinski definition) is 0. The van der Waals surface area contributed by atoms with Gasteiger partial charge in [0.05, 0.1) is 12.8 Å². The molecule has 0 spiro atoms. The fraction of sp³-hybridized carbons (Fsp3) is 0.333. The van der Waals surface area contributed by atoms with Gasteiger partial charge in [0.2, 0.25) is 0 Å². The van der Waals surface area contributed by atoms with Crippen molar-refractivity contribution in [2.24, 2.45) is 0 Å². The summed E-state index contributed by atoms with van der Waals surface area (Å²) in [6, 6.07) is 9.75. The highest BCUT2D eigenvalue weighted by Crippen LogP contribution is 2.17. The Morgan fingerprint density at radius 2 is 1.95 bits per heavy atom. The topological polar surface area (TPSA) is 74.1 Å². The lowest BCUT2D eigenvalue weighted by atomic mass is 10.2. The van der Waals surface area contributed by atoms with Gasteiger partial charge in [-0.25, -0.2) is 4.68 Å². The van der Waals surface area contributed by atoms with Crippen LogP contribution >= 0.6 is 0 Å². The number of benzene rings is 1. The zero-order chi connectivity index (χ0) is 13.9. The molecular formula is C12H15N3O3S. The minimum absolute atomic E-state index is 0.0564. The van der Waals surface area contributed by atoms with Gasteiger partial charge >= 0.3 is 10.1 Å². The van der Waals surface area contributed by atoms with Crippen molar-refractivity contribution in [2.45, 2.75) is 19.9 Å². The van der Waals surface area contributed by atoms with Crippen LogP contribution in [0.1, 0.15) is 18.2 Å². The second-order valence-corrected chi connectivity index (χ2v) is 5.70. The van der Waals surface area contributed by atoms with Gasteiger partial charge in [-0.3, -0.25) is 0 Å². The van der Waals surface area contributed by atoms with E-state index in [1.54, 1.807) is 4.68 Å². The first-order chi connectivity index (χ1) is 8.99. The largest absolute Gasteiger partial charge is 0.358 e. The van der Waals surface area contributed by atoms with Crippen molar-refractivity contribution in [1.82, 2.24) is 15.0 Å². The first-order valence-corrected chi connectivity index (χ1v) is 7.67. The lowest BCUT2D eigenvalue weighted by Crippen LogP contribution is -2.09. The molecule has 0 bridgehead atoms. The highest BCUT2D eigenvalue weighted by atomic mass is 32.2. The normalized spacial score (nSPS) is 11.5. The smallest absolute Gasteiger partial charge is 0.307 e. The Bertz CT molecular complexity index is 650. The van der Waals surface area contributed by atoms with Crippen LogP contribution in [0.2, 0.25) is 0 Å². The van der Waals surface area contributed by atoms with E-state index in [0.29, 0.717) is 18.7 Å². The van der Waals surface area contributed by atoms with Crippen molar-refractivity contribution in [3.8, 4) is 5.88 Å². The van der Waals surface area contributed by atoms with Crippen molar-refractivity contribution in [2.75, 3.05) is 6.26 Å². The molecule has 0 aliphatic heterocycles. The Hall–Kier alpha value is -1.89. The van der Waals surface area contributed by atoms with Crippen LogP contribution in [-0.4, -0.2) is 29.7 Å². The minimum Gasteiger partial charge on any atom is -0.358 e. The molecule has 0 unspecified atom stereocenters. The molecule has 6 nitrogen and oxygen atoms in total. The van der Waals surface area contributed by atoms with E-state index in [-0.39, 0.29) is 5.88 Å². The molecule has 0 aliphatic rings. The van der Waals surface area contributed by atoms with Crippen LogP contribution in [0.15, 0.2) is 30.3 Å². The molecule has 0 fully saturated rings. The molecular weight excluding hydrogens is 266 g/mol. The summed E-state index contributed by atoms with van der Waals surface area (Å²) in [7, 11) is -3.59. The molecule has 0 N–H and O–H groups in total. The lowest BCUT2D eigenvalue weighted by Gasteiger charge is -2.05. The molecule has 1 heterocycles. The highest BCUT2D eigenvalue weighted by molar-refractivity contribution is 7.86. The molecule has 0 radical (unpaired) electrons. The average molecular weight is 281 g/mol. The number of hydrogen-bond acceptors (Lipinski definition) is 5. The third-order valence-electron chi connectivity index (χ3n) is 2.54. The van der Waals surface area contributed by atoms with Gasteiger partial charge < -0.3 is 4.18 Å². The van der Waals surface area contributed by atoms with Crippen LogP contribution in [0.4, 0.5) is 0 Å². The zero-order valence-electron chi connectivity index (χ0n) is 10.8. The van der Waals surface area contributed by atoms with Crippen LogP contribution in [-0.2, 0) is 23.1 Å². The van der Waals surface area contributed by atoms with Crippen molar-refractivity contribution in [3.05, 3.63) is 41.6 Å². The summed E-state index contributed by atoms with van der Waals surface area (Å²) in [5, 5.41) is 7.72. The summed E-state index contributed by atoms with van der Waals surface area (Å²) >= 11 is 0. The van der Waals surface area contributed by atoms with Crippen LogP contribution in [0, 0.1) is 0 Å². The average Bonchev–Trinajstić information content (AvgIpc) is 2.70. The van der Waals surface area contributed by atoms with E-state index in [1.165, 1.54) is 0 Å². The maximum absolute atomic E-state index is 11.1. The van der Waals surface area contributed by atoms with Gasteiger partial charge in [-0.1, -0.05) is 47.6 Å². The molecule has 19 heavy (non-hydrogen) atoms. The molecule has 1 aromatic carbocycles. The van der Waals surface area contributed by atoms with E-state index in [0.717, 1.165) is 11.8 Å². The fourth-order valence-electron chi connectivity index (χ4n) is 1.74. The lowest BCUT2D eigenvalue weighted by molar-refractivity contribution is 0.478. The summed E-state index contributed by atoms with van der Waals surface area (Å²) in [5.41, 5.74) is 1.72. The predicted octanol–water partition coefficient (Wildman–Crippen LogP) is 1.23. The number of aromatic nitrogens is 3. The van der Waals surface area contributed by atoms with Gasteiger partial charge in [0.15, 0.2) is 0 Å². The maximum atomic E-state index is 11.1. The minimum atomic E-state index is -3.59. The van der Waals surface area contributed by atoms with Gasteiger partial charge in [-0.05, 0) is 12.0 Å². The molecule has 2 aromatic rings. The van der Waals surface area contributed by atoms with E-state index in [1.807, 2.05) is 37.3 Å². The summed E-state index contributed by atoms with van der Waals surface area (Å²) in [4.78, 5) is 0. The van der Waals surface area contributed by atoms with E-state index in [4.69, 9.17) is 4.18 Å². The Labute approximate surface area is 112 Å². The van der Waals surface area contributed by atoms with E-state index in [2.05, 4.69) is 10.3 Å².